The Morgan fingerprint density at radius 2 is 1.44 bits per heavy atom. The van der Waals surface area contributed by atoms with Crippen LogP contribution in [0.3, 0.4) is 0 Å². The average molecular weight is 262 g/mol. The minimum absolute atomic E-state index is 0.0522. The van der Waals surface area contributed by atoms with Crippen molar-refractivity contribution >= 4 is 11.9 Å². The van der Waals surface area contributed by atoms with Crippen molar-refractivity contribution in [1.82, 2.24) is 0 Å². The molecule has 0 aromatic rings. The SMILES string of the molecule is CCCC(=O)OO.CCCCCOC(=O)CCC. The summed E-state index contributed by atoms with van der Waals surface area (Å²) >= 11 is 0. The van der Waals surface area contributed by atoms with Gasteiger partial charge < -0.3 is 9.62 Å². The van der Waals surface area contributed by atoms with Gasteiger partial charge in [-0.25, -0.2) is 4.79 Å². The van der Waals surface area contributed by atoms with Gasteiger partial charge in [0.25, 0.3) is 0 Å². The molecule has 0 aromatic carbocycles. The van der Waals surface area contributed by atoms with Crippen LogP contribution >= 0.6 is 0 Å². The first-order chi connectivity index (χ1) is 8.62. The van der Waals surface area contributed by atoms with Crippen LogP contribution in [0.15, 0.2) is 0 Å². The highest BCUT2D eigenvalue weighted by Gasteiger charge is 1.98. The fourth-order valence-electron chi connectivity index (χ4n) is 1.06. The van der Waals surface area contributed by atoms with Crippen LogP contribution < -0.4 is 0 Å². The summed E-state index contributed by atoms with van der Waals surface area (Å²) in [5.74, 6) is -0.619. The Balaban J connectivity index is 0. The zero-order valence-electron chi connectivity index (χ0n) is 11.7. The first-order valence-electron chi connectivity index (χ1n) is 6.62. The van der Waals surface area contributed by atoms with Crippen molar-refractivity contribution in [2.45, 2.75) is 65.7 Å². The van der Waals surface area contributed by atoms with E-state index in [1.165, 1.54) is 6.42 Å². The Bertz CT molecular complexity index is 204. The Morgan fingerprint density at radius 1 is 0.889 bits per heavy atom. The maximum absolute atomic E-state index is 10.8. The molecule has 0 radical (unpaired) electrons. The Hall–Kier alpha value is -1.10. The van der Waals surface area contributed by atoms with Gasteiger partial charge in [0.05, 0.1) is 6.61 Å². The molecular weight excluding hydrogens is 236 g/mol. The molecule has 0 aromatic heterocycles. The third kappa shape index (κ3) is 17.3. The van der Waals surface area contributed by atoms with Crippen molar-refractivity contribution in [2.24, 2.45) is 0 Å². The van der Waals surface area contributed by atoms with Crippen LogP contribution in [0.25, 0.3) is 0 Å². The largest absolute Gasteiger partial charge is 0.466 e. The van der Waals surface area contributed by atoms with E-state index in [9.17, 15) is 9.59 Å². The molecule has 0 spiro atoms. The average Bonchev–Trinajstić information content (AvgIpc) is 2.36. The van der Waals surface area contributed by atoms with Gasteiger partial charge in [-0.2, -0.15) is 5.26 Å². The molecular formula is C13H26O5. The highest BCUT2D eigenvalue weighted by atomic mass is 17.1. The predicted octanol–water partition coefficient (Wildman–Crippen LogP) is 3.32. The molecule has 18 heavy (non-hydrogen) atoms. The molecule has 0 fully saturated rings. The number of ether oxygens (including phenoxy) is 1. The Morgan fingerprint density at radius 3 is 1.83 bits per heavy atom. The lowest BCUT2D eigenvalue weighted by Gasteiger charge is -2.01. The van der Waals surface area contributed by atoms with Crippen LogP contribution in [0.2, 0.25) is 0 Å². The molecule has 0 aliphatic carbocycles. The number of hydrogen-bond donors (Lipinski definition) is 1. The van der Waals surface area contributed by atoms with Gasteiger partial charge in [0.15, 0.2) is 0 Å². The molecule has 0 bridgehead atoms. The van der Waals surface area contributed by atoms with Crippen LogP contribution in [-0.2, 0) is 19.2 Å². The summed E-state index contributed by atoms with van der Waals surface area (Å²) in [7, 11) is 0. The maximum Gasteiger partial charge on any atom is 0.342 e. The van der Waals surface area contributed by atoms with Crippen LogP contribution in [-0.4, -0.2) is 23.8 Å². The lowest BCUT2D eigenvalue weighted by molar-refractivity contribution is -0.234. The van der Waals surface area contributed by atoms with Crippen molar-refractivity contribution in [3.05, 3.63) is 0 Å². The van der Waals surface area contributed by atoms with E-state index in [1.54, 1.807) is 0 Å². The van der Waals surface area contributed by atoms with E-state index in [0.29, 0.717) is 19.4 Å². The van der Waals surface area contributed by atoms with Gasteiger partial charge in [0, 0.05) is 12.8 Å². The maximum atomic E-state index is 10.8. The lowest BCUT2D eigenvalue weighted by atomic mass is 10.3. The quantitative estimate of drug-likeness (QED) is 0.314. The highest BCUT2D eigenvalue weighted by Crippen LogP contribution is 1.96. The summed E-state index contributed by atoms with van der Waals surface area (Å²) < 4.78 is 4.95. The van der Waals surface area contributed by atoms with E-state index in [4.69, 9.17) is 9.99 Å². The molecule has 5 nitrogen and oxygen atoms in total. The molecule has 0 atom stereocenters. The Labute approximate surface area is 109 Å². The third-order valence-corrected chi connectivity index (χ3v) is 2.02. The number of unbranched alkanes of at least 4 members (excludes halogenated alkanes) is 2. The monoisotopic (exact) mass is 262 g/mol. The van der Waals surface area contributed by atoms with Gasteiger partial charge in [-0.05, 0) is 19.3 Å². The molecule has 1 N–H and O–H groups in total. The zero-order valence-corrected chi connectivity index (χ0v) is 11.7. The number of carbonyl (C=O) groups excluding carboxylic acids is 2. The van der Waals surface area contributed by atoms with E-state index < -0.39 is 5.97 Å². The molecule has 0 aliphatic heterocycles. The van der Waals surface area contributed by atoms with E-state index in [2.05, 4.69) is 11.8 Å². The van der Waals surface area contributed by atoms with Crippen LogP contribution in [0.4, 0.5) is 0 Å². The van der Waals surface area contributed by atoms with Crippen molar-refractivity contribution in [3.63, 3.8) is 0 Å². The number of carbonyl (C=O) groups is 2. The van der Waals surface area contributed by atoms with Crippen molar-refractivity contribution < 1.29 is 24.5 Å². The topological polar surface area (TPSA) is 72.8 Å². The normalized spacial score (nSPS) is 9.11. The molecule has 108 valence electrons. The minimum Gasteiger partial charge on any atom is -0.466 e. The van der Waals surface area contributed by atoms with Gasteiger partial charge in [0.2, 0.25) is 0 Å². The number of hydrogen-bond acceptors (Lipinski definition) is 5. The number of rotatable bonds is 8. The van der Waals surface area contributed by atoms with E-state index in [0.717, 1.165) is 19.3 Å². The molecule has 0 saturated carbocycles. The first kappa shape index (κ1) is 19.2. The predicted molar refractivity (Wildman–Crippen MR) is 69.0 cm³/mol. The van der Waals surface area contributed by atoms with Crippen LogP contribution in [0.5, 0.6) is 0 Å². The van der Waals surface area contributed by atoms with Gasteiger partial charge in [-0.3, -0.25) is 4.79 Å². The van der Waals surface area contributed by atoms with Crippen molar-refractivity contribution in [1.29, 1.82) is 0 Å². The molecule has 5 heteroatoms. The molecule has 0 heterocycles. The Kier molecular flexibility index (Phi) is 17.0. The van der Waals surface area contributed by atoms with Gasteiger partial charge in [-0.15, -0.1) is 0 Å². The third-order valence-electron chi connectivity index (χ3n) is 2.02. The molecule has 0 saturated heterocycles. The van der Waals surface area contributed by atoms with E-state index in [1.807, 2.05) is 13.8 Å². The molecule has 0 aliphatic rings. The van der Waals surface area contributed by atoms with E-state index in [-0.39, 0.29) is 12.4 Å². The summed E-state index contributed by atoms with van der Waals surface area (Å²) in [6.45, 7) is 6.55. The van der Waals surface area contributed by atoms with E-state index >= 15 is 0 Å². The number of esters is 1. The molecule has 0 unspecified atom stereocenters. The van der Waals surface area contributed by atoms with Crippen molar-refractivity contribution in [2.75, 3.05) is 6.61 Å². The molecule has 0 amide bonds. The summed E-state index contributed by atoms with van der Waals surface area (Å²) in [5.41, 5.74) is 0. The summed E-state index contributed by atoms with van der Waals surface area (Å²) in [4.78, 5) is 24.1. The fourth-order valence-corrected chi connectivity index (χ4v) is 1.06. The van der Waals surface area contributed by atoms with Crippen LogP contribution in [0, 0.1) is 0 Å². The first-order valence-corrected chi connectivity index (χ1v) is 6.62. The van der Waals surface area contributed by atoms with Gasteiger partial charge in [0.1, 0.15) is 0 Å². The van der Waals surface area contributed by atoms with Crippen LogP contribution in [0.1, 0.15) is 65.7 Å². The highest BCUT2D eigenvalue weighted by molar-refractivity contribution is 5.69. The van der Waals surface area contributed by atoms with Gasteiger partial charge >= 0.3 is 11.9 Å². The fraction of sp³-hybridized carbons (Fsp3) is 0.846. The second-order valence-electron chi connectivity index (χ2n) is 3.89. The smallest absolute Gasteiger partial charge is 0.342 e. The summed E-state index contributed by atoms with van der Waals surface area (Å²) in [6.07, 6.45) is 5.77. The summed E-state index contributed by atoms with van der Waals surface area (Å²) in [6, 6.07) is 0. The summed E-state index contributed by atoms with van der Waals surface area (Å²) in [5, 5.41) is 7.62. The second-order valence-corrected chi connectivity index (χ2v) is 3.89. The second kappa shape index (κ2) is 15.9. The zero-order chi connectivity index (χ0) is 14.2. The minimum atomic E-state index is -0.567. The lowest BCUT2D eigenvalue weighted by Crippen LogP contribution is -2.04. The molecule has 0 rings (SSSR count). The van der Waals surface area contributed by atoms with Gasteiger partial charge in [-0.1, -0.05) is 33.6 Å². The standard InChI is InChI=1S/C9H18O2.C4H8O3/c1-3-5-6-8-11-9(10)7-4-2;1-2-3-4(5)7-6/h3-8H2,1-2H3;6H,2-3H2,1H3. The van der Waals surface area contributed by atoms with Crippen molar-refractivity contribution in [3.8, 4) is 0 Å².